The van der Waals surface area contributed by atoms with Crippen molar-refractivity contribution in [3.63, 3.8) is 0 Å². The second-order valence-corrected chi connectivity index (χ2v) is 7.52. The normalized spacial score (nSPS) is 12.1. The van der Waals surface area contributed by atoms with Gasteiger partial charge in [0.2, 0.25) is 0 Å². The van der Waals surface area contributed by atoms with Gasteiger partial charge in [0.15, 0.2) is 0 Å². The van der Waals surface area contributed by atoms with E-state index in [9.17, 15) is 9.90 Å². The zero-order valence-electron chi connectivity index (χ0n) is 16.9. The number of benzene rings is 2. The minimum absolute atomic E-state index is 0.0179. The molecule has 0 saturated heterocycles. The number of hydrogen-bond acceptors (Lipinski definition) is 4. The largest absolute Gasteiger partial charge is 0.462 e. The minimum atomic E-state index is -0.398. The van der Waals surface area contributed by atoms with Crippen molar-refractivity contribution in [2.75, 3.05) is 13.2 Å². The van der Waals surface area contributed by atoms with E-state index in [4.69, 9.17) is 9.15 Å². The molecule has 3 rings (SSSR count). The summed E-state index contributed by atoms with van der Waals surface area (Å²) in [5.74, 6) is 0.456. The van der Waals surface area contributed by atoms with E-state index in [2.05, 4.69) is 30.8 Å². The molecule has 2 aromatic carbocycles. The van der Waals surface area contributed by atoms with Crippen LogP contribution in [0.1, 0.15) is 31.7 Å². The molecule has 4 nitrogen and oxygen atoms in total. The Hall–Kier alpha value is -2.85. The molecule has 1 heterocycles. The fraction of sp³-hybridized carbons (Fsp3) is 0.320. The molecule has 1 N–H and O–H groups in total. The number of carbonyl (C=O) groups excluding carboxylic acids is 1. The first-order valence-corrected chi connectivity index (χ1v) is 10.1. The van der Waals surface area contributed by atoms with Crippen LogP contribution in [0.15, 0.2) is 71.2 Å². The molecule has 0 radical (unpaired) electrons. The zero-order chi connectivity index (χ0) is 20.6. The van der Waals surface area contributed by atoms with Crippen LogP contribution in [0, 0.1) is 5.92 Å². The van der Waals surface area contributed by atoms with Crippen molar-refractivity contribution in [2.45, 2.75) is 32.6 Å². The number of unbranched alkanes of at least 4 members (excludes halogenated alkanes) is 1. The lowest BCUT2D eigenvalue weighted by atomic mass is 10.0. The van der Waals surface area contributed by atoms with Gasteiger partial charge in [0.05, 0.1) is 6.61 Å². The topological polar surface area (TPSA) is 59.7 Å². The van der Waals surface area contributed by atoms with E-state index >= 15 is 0 Å². The van der Waals surface area contributed by atoms with Crippen molar-refractivity contribution < 1.29 is 19.1 Å². The number of fused-ring (bicyclic) bond motifs is 1. The van der Waals surface area contributed by atoms with Crippen molar-refractivity contribution in [1.82, 2.24) is 0 Å². The first-order chi connectivity index (χ1) is 14.1. The number of furan rings is 1. The Morgan fingerprint density at radius 2 is 1.93 bits per heavy atom. The summed E-state index contributed by atoms with van der Waals surface area (Å²) < 4.78 is 11.2. The second-order valence-electron chi connectivity index (χ2n) is 7.52. The smallest absolute Gasteiger partial charge is 0.333 e. The summed E-state index contributed by atoms with van der Waals surface area (Å²) in [5.41, 5.74) is 3.60. The highest BCUT2D eigenvalue weighted by molar-refractivity contribution is 5.87. The molecular weight excluding hydrogens is 364 g/mol. The van der Waals surface area contributed by atoms with Crippen LogP contribution in [-0.2, 0) is 16.0 Å². The average molecular weight is 392 g/mol. The molecule has 1 aromatic heterocycles. The van der Waals surface area contributed by atoms with E-state index in [-0.39, 0.29) is 19.1 Å². The quantitative estimate of drug-likeness (QED) is 0.280. The van der Waals surface area contributed by atoms with Gasteiger partial charge in [0, 0.05) is 29.0 Å². The third-order valence-electron chi connectivity index (χ3n) is 5.03. The lowest BCUT2D eigenvalue weighted by Gasteiger charge is -2.14. The lowest BCUT2D eigenvalue weighted by Crippen LogP contribution is -2.17. The standard InChI is InChI=1S/C25H28O4/c1-18(2)25(27)28-17-20(16-26)9-7-6-8-19-12-13-22-15-24(29-23(22)14-19)21-10-4-3-5-11-21/h3-5,10-15,20,26H,1,6-9,16-17H2,2H3. The number of ether oxygens (including phenoxy) is 1. The Bertz CT molecular complexity index is 955. The third kappa shape index (κ3) is 5.81. The zero-order valence-corrected chi connectivity index (χ0v) is 16.9. The summed E-state index contributed by atoms with van der Waals surface area (Å²) in [6.45, 7) is 5.44. The SMILES string of the molecule is C=C(C)C(=O)OCC(CO)CCCCc1ccc2cc(-c3ccccc3)oc2c1. The van der Waals surface area contributed by atoms with Crippen molar-refractivity contribution in [3.8, 4) is 11.3 Å². The van der Waals surface area contributed by atoms with Gasteiger partial charge < -0.3 is 14.3 Å². The van der Waals surface area contributed by atoms with Gasteiger partial charge in [-0.25, -0.2) is 4.79 Å². The predicted molar refractivity (Wildman–Crippen MR) is 116 cm³/mol. The number of aryl methyl sites for hydroxylation is 1. The molecule has 4 heteroatoms. The number of rotatable bonds is 10. The van der Waals surface area contributed by atoms with Gasteiger partial charge >= 0.3 is 5.97 Å². The molecule has 1 unspecified atom stereocenters. The van der Waals surface area contributed by atoms with Gasteiger partial charge in [-0.15, -0.1) is 0 Å². The Kier molecular flexibility index (Phi) is 7.25. The van der Waals surface area contributed by atoms with Gasteiger partial charge in [0.25, 0.3) is 0 Å². The van der Waals surface area contributed by atoms with E-state index in [0.29, 0.717) is 5.57 Å². The molecule has 3 aromatic rings. The molecule has 0 saturated carbocycles. The maximum atomic E-state index is 11.5. The average Bonchev–Trinajstić information content (AvgIpc) is 3.17. The van der Waals surface area contributed by atoms with Gasteiger partial charge in [-0.05, 0) is 43.9 Å². The number of aliphatic hydroxyl groups is 1. The summed E-state index contributed by atoms with van der Waals surface area (Å²) in [4.78, 5) is 11.5. The Morgan fingerprint density at radius 3 is 2.66 bits per heavy atom. The summed E-state index contributed by atoms with van der Waals surface area (Å²) in [5, 5.41) is 10.6. The Morgan fingerprint density at radius 1 is 1.14 bits per heavy atom. The molecule has 29 heavy (non-hydrogen) atoms. The van der Waals surface area contributed by atoms with Crippen molar-refractivity contribution in [3.05, 3.63) is 72.3 Å². The number of hydrogen-bond donors (Lipinski definition) is 1. The second kappa shape index (κ2) is 10.1. The molecule has 0 amide bonds. The highest BCUT2D eigenvalue weighted by Gasteiger charge is 2.12. The van der Waals surface area contributed by atoms with E-state index in [1.165, 1.54) is 5.56 Å². The van der Waals surface area contributed by atoms with Crippen LogP contribution in [0.2, 0.25) is 0 Å². The predicted octanol–water partition coefficient (Wildman–Crippen LogP) is 5.54. The van der Waals surface area contributed by atoms with Crippen LogP contribution in [0.3, 0.4) is 0 Å². The number of aliphatic hydroxyl groups excluding tert-OH is 1. The van der Waals surface area contributed by atoms with Crippen molar-refractivity contribution in [2.24, 2.45) is 5.92 Å². The van der Waals surface area contributed by atoms with Gasteiger partial charge in [-0.2, -0.15) is 0 Å². The highest BCUT2D eigenvalue weighted by atomic mass is 16.5. The van der Waals surface area contributed by atoms with E-state index in [1.807, 2.05) is 30.3 Å². The van der Waals surface area contributed by atoms with Gasteiger partial charge in [-0.1, -0.05) is 55.5 Å². The summed E-state index contributed by atoms with van der Waals surface area (Å²) in [7, 11) is 0. The maximum Gasteiger partial charge on any atom is 0.333 e. The molecule has 0 spiro atoms. The molecule has 1 atom stereocenters. The summed E-state index contributed by atoms with van der Waals surface area (Å²) in [6.07, 6.45) is 3.73. The minimum Gasteiger partial charge on any atom is -0.462 e. The molecule has 0 fully saturated rings. The first kappa shape index (κ1) is 20.9. The fourth-order valence-corrected chi connectivity index (χ4v) is 3.28. The third-order valence-corrected chi connectivity index (χ3v) is 5.03. The maximum absolute atomic E-state index is 11.5. The number of esters is 1. The Labute approximate surface area is 171 Å². The highest BCUT2D eigenvalue weighted by Crippen LogP contribution is 2.28. The fourth-order valence-electron chi connectivity index (χ4n) is 3.28. The van der Waals surface area contributed by atoms with Crippen LogP contribution < -0.4 is 0 Å². The number of carbonyl (C=O) groups is 1. The van der Waals surface area contributed by atoms with E-state index in [0.717, 1.165) is 48.0 Å². The molecule has 0 bridgehead atoms. The molecular formula is C25H28O4. The first-order valence-electron chi connectivity index (χ1n) is 10.1. The van der Waals surface area contributed by atoms with Crippen LogP contribution in [-0.4, -0.2) is 24.3 Å². The van der Waals surface area contributed by atoms with Crippen molar-refractivity contribution >= 4 is 16.9 Å². The Balaban J connectivity index is 1.50. The molecule has 0 aliphatic rings. The molecule has 152 valence electrons. The molecule has 0 aliphatic heterocycles. The lowest BCUT2D eigenvalue weighted by molar-refractivity contribution is -0.140. The summed E-state index contributed by atoms with van der Waals surface area (Å²) >= 11 is 0. The van der Waals surface area contributed by atoms with E-state index in [1.54, 1.807) is 6.92 Å². The summed E-state index contributed by atoms with van der Waals surface area (Å²) in [6, 6.07) is 18.5. The van der Waals surface area contributed by atoms with Crippen LogP contribution in [0.25, 0.3) is 22.3 Å². The monoisotopic (exact) mass is 392 g/mol. The van der Waals surface area contributed by atoms with Crippen LogP contribution >= 0.6 is 0 Å². The van der Waals surface area contributed by atoms with Crippen LogP contribution in [0.4, 0.5) is 0 Å². The van der Waals surface area contributed by atoms with Crippen molar-refractivity contribution in [1.29, 1.82) is 0 Å². The van der Waals surface area contributed by atoms with Gasteiger partial charge in [0.1, 0.15) is 11.3 Å². The van der Waals surface area contributed by atoms with E-state index < -0.39 is 5.97 Å². The molecule has 0 aliphatic carbocycles. The van der Waals surface area contributed by atoms with Crippen LogP contribution in [0.5, 0.6) is 0 Å². The van der Waals surface area contributed by atoms with Gasteiger partial charge in [-0.3, -0.25) is 0 Å².